The number of hydrogen-bond acceptors (Lipinski definition) is 5. The summed E-state index contributed by atoms with van der Waals surface area (Å²) in [5.74, 6) is -3.15. The first-order valence-corrected chi connectivity index (χ1v) is 10.8. The van der Waals surface area contributed by atoms with E-state index in [0.717, 1.165) is 19.3 Å². The van der Waals surface area contributed by atoms with E-state index >= 15 is 0 Å². The molecule has 2 N–H and O–H groups in total. The molecule has 1 fully saturated rings. The molecule has 0 radical (unpaired) electrons. The van der Waals surface area contributed by atoms with Crippen molar-refractivity contribution < 1.29 is 23.1 Å². The Morgan fingerprint density at radius 3 is 2.61 bits per heavy atom. The fraction of sp³-hybridized carbons (Fsp3) is 0.417. The molecule has 0 aromatic carbocycles. The molecule has 0 saturated heterocycles. The van der Waals surface area contributed by atoms with Crippen molar-refractivity contribution in [1.29, 1.82) is 0 Å². The SMILES string of the molecule is C=C(C)C(F)(F)COc1ccc(C(C)NC(=O)c2cc(C)nc(NC(=O)C3CCC3)c2)cn1. The number of aromatic nitrogens is 2. The number of amides is 2. The molecular weight excluding hydrogens is 430 g/mol. The fourth-order valence-corrected chi connectivity index (χ4v) is 3.15. The van der Waals surface area contributed by atoms with Gasteiger partial charge in [-0.05, 0) is 56.9 Å². The topological polar surface area (TPSA) is 93.2 Å². The average molecular weight is 459 g/mol. The number of carbonyl (C=O) groups is 2. The molecule has 2 aromatic rings. The monoisotopic (exact) mass is 458 g/mol. The van der Waals surface area contributed by atoms with Crippen LogP contribution in [0.5, 0.6) is 5.88 Å². The maximum atomic E-state index is 13.6. The van der Waals surface area contributed by atoms with Crippen molar-refractivity contribution in [2.75, 3.05) is 11.9 Å². The first-order chi connectivity index (χ1) is 15.5. The van der Waals surface area contributed by atoms with Crippen LogP contribution in [-0.4, -0.2) is 34.3 Å². The molecule has 2 heterocycles. The average Bonchev–Trinajstić information content (AvgIpc) is 2.70. The van der Waals surface area contributed by atoms with Crippen LogP contribution >= 0.6 is 0 Å². The molecule has 0 spiro atoms. The lowest BCUT2D eigenvalue weighted by Gasteiger charge is -2.24. The standard InChI is InChI=1S/C24H28F2N4O3/c1-14(2)24(25,26)13-33-21-9-8-18(12-27-21)16(4)29-23(32)19-10-15(3)28-20(11-19)30-22(31)17-6-5-7-17/h8-12,16-17H,1,5-7,13H2,2-4H3,(H,29,32)(H,28,30,31). The van der Waals surface area contributed by atoms with Gasteiger partial charge in [-0.25, -0.2) is 9.97 Å². The van der Waals surface area contributed by atoms with E-state index in [1.165, 1.54) is 19.2 Å². The van der Waals surface area contributed by atoms with Crippen LogP contribution in [0.1, 0.15) is 60.8 Å². The summed E-state index contributed by atoms with van der Waals surface area (Å²) in [7, 11) is 0. The van der Waals surface area contributed by atoms with Gasteiger partial charge in [0.2, 0.25) is 11.8 Å². The molecule has 0 aliphatic heterocycles. The fourth-order valence-electron chi connectivity index (χ4n) is 3.15. The highest BCUT2D eigenvalue weighted by molar-refractivity contribution is 5.97. The molecule has 1 unspecified atom stereocenters. The highest BCUT2D eigenvalue weighted by Crippen LogP contribution is 2.27. The highest BCUT2D eigenvalue weighted by atomic mass is 19.3. The number of halogens is 2. The van der Waals surface area contributed by atoms with Gasteiger partial charge in [-0.3, -0.25) is 9.59 Å². The summed E-state index contributed by atoms with van der Waals surface area (Å²) in [5, 5.41) is 5.65. The van der Waals surface area contributed by atoms with Gasteiger partial charge in [-0.15, -0.1) is 0 Å². The molecule has 1 saturated carbocycles. The number of ether oxygens (including phenoxy) is 1. The minimum Gasteiger partial charge on any atom is -0.471 e. The van der Waals surface area contributed by atoms with Crippen LogP contribution in [-0.2, 0) is 4.79 Å². The van der Waals surface area contributed by atoms with Crippen LogP contribution < -0.4 is 15.4 Å². The van der Waals surface area contributed by atoms with Crippen molar-refractivity contribution in [2.45, 2.75) is 52.0 Å². The van der Waals surface area contributed by atoms with Gasteiger partial charge in [-0.2, -0.15) is 8.78 Å². The zero-order valence-electron chi connectivity index (χ0n) is 19.0. The van der Waals surface area contributed by atoms with E-state index in [1.54, 1.807) is 32.0 Å². The van der Waals surface area contributed by atoms with E-state index in [-0.39, 0.29) is 29.2 Å². The zero-order chi connectivity index (χ0) is 24.2. The second-order valence-electron chi connectivity index (χ2n) is 8.40. The number of rotatable bonds is 9. The summed E-state index contributed by atoms with van der Waals surface area (Å²) < 4.78 is 32.3. The third kappa shape index (κ3) is 6.34. The molecule has 33 heavy (non-hydrogen) atoms. The predicted octanol–water partition coefficient (Wildman–Crippen LogP) is 4.60. The van der Waals surface area contributed by atoms with Crippen LogP contribution in [0.2, 0.25) is 0 Å². The van der Waals surface area contributed by atoms with Crippen LogP contribution in [0.15, 0.2) is 42.6 Å². The Morgan fingerprint density at radius 2 is 2.03 bits per heavy atom. The van der Waals surface area contributed by atoms with E-state index in [4.69, 9.17) is 4.74 Å². The number of carbonyl (C=O) groups excluding carboxylic acids is 2. The Kier molecular flexibility index (Phi) is 7.40. The molecule has 2 amide bonds. The molecule has 1 aliphatic carbocycles. The van der Waals surface area contributed by atoms with Crippen molar-refractivity contribution in [3.63, 3.8) is 0 Å². The maximum absolute atomic E-state index is 13.6. The summed E-state index contributed by atoms with van der Waals surface area (Å²) in [5.41, 5.74) is 1.36. The quantitative estimate of drug-likeness (QED) is 0.536. The molecule has 7 nitrogen and oxygen atoms in total. The molecule has 9 heteroatoms. The van der Waals surface area contributed by atoms with Gasteiger partial charge >= 0.3 is 5.92 Å². The number of nitrogens with one attached hydrogen (secondary N) is 2. The Hall–Kier alpha value is -3.36. The van der Waals surface area contributed by atoms with Gasteiger partial charge in [0, 0.05) is 29.4 Å². The van der Waals surface area contributed by atoms with Gasteiger partial charge in [-0.1, -0.05) is 19.1 Å². The number of anilines is 1. The second-order valence-corrected chi connectivity index (χ2v) is 8.40. The first kappa shape index (κ1) is 24.3. The summed E-state index contributed by atoms with van der Waals surface area (Å²) >= 11 is 0. The van der Waals surface area contributed by atoms with Gasteiger partial charge in [0.1, 0.15) is 5.82 Å². The van der Waals surface area contributed by atoms with Gasteiger partial charge in [0.05, 0.1) is 6.04 Å². The molecule has 176 valence electrons. The Labute approximate surface area is 191 Å². The van der Waals surface area contributed by atoms with E-state index in [2.05, 4.69) is 27.2 Å². The number of hydrogen-bond donors (Lipinski definition) is 2. The van der Waals surface area contributed by atoms with Crippen LogP contribution in [0.3, 0.4) is 0 Å². The molecule has 0 bridgehead atoms. The number of nitrogens with zero attached hydrogens (tertiary/aromatic N) is 2. The van der Waals surface area contributed by atoms with Crippen molar-refractivity contribution in [1.82, 2.24) is 15.3 Å². The Morgan fingerprint density at radius 1 is 1.30 bits per heavy atom. The number of pyridine rings is 2. The third-order valence-electron chi connectivity index (χ3n) is 5.58. The van der Waals surface area contributed by atoms with Gasteiger partial charge in [0.25, 0.3) is 5.91 Å². The van der Waals surface area contributed by atoms with Crippen molar-refractivity contribution in [2.24, 2.45) is 5.92 Å². The predicted molar refractivity (Wildman–Crippen MR) is 120 cm³/mol. The molecule has 1 atom stereocenters. The zero-order valence-corrected chi connectivity index (χ0v) is 19.0. The smallest absolute Gasteiger partial charge is 0.302 e. The van der Waals surface area contributed by atoms with Crippen molar-refractivity contribution in [3.8, 4) is 5.88 Å². The van der Waals surface area contributed by atoms with Crippen molar-refractivity contribution >= 4 is 17.6 Å². The largest absolute Gasteiger partial charge is 0.471 e. The minimum absolute atomic E-state index is 0.0103. The molecule has 3 rings (SSSR count). The summed E-state index contributed by atoms with van der Waals surface area (Å²) in [6, 6.07) is 5.89. The lowest BCUT2D eigenvalue weighted by Crippen LogP contribution is -2.29. The Balaban J connectivity index is 1.60. The van der Waals surface area contributed by atoms with E-state index in [0.29, 0.717) is 22.6 Å². The van der Waals surface area contributed by atoms with Crippen LogP contribution in [0.4, 0.5) is 14.6 Å². The van der Waals surface area contributed by atoms with E-state index in [9.17, 15) is 18.4 Å². The Bertz CT molecular complexity index is 1040. The minimum atomic E-state index is -3.14. The molecule has 2 aromatic heterocycles. The lowest BCUT2D eigenvalue weighted by molar-refractivity contribution is -0.122. The van der Waals surface area contributed by atoms with E-state index in [1.807, 2.05) is 0 Å². The van der Waals surface area contributed by atoms with Crippen molar-refractivity contribution in [3.05, 3.63) is 59.4 Å². The van der Waals surface area contributed by atoms with Gasteiger partial charge in [0.15, 0.2) is 6.61 Å². The number of alkyl halides is 2. The second kappa shape index (κ2) is 10.1. The molecule has 1 aliphatic rings. The highest BCUT2D eigenvalue weighted by Gasteiger charge is 2.31. The van der Waals surface area contributed by atoms with Crippen LogP contribution in [0, 0.1) is 12.8 Å². The van der Waals surface area contributed by atoms with Crippen LogP contribution in [0.25, 0.3) is 0 Å². The number of aryl methyl sites for hydroxylation is 1. The molecular formula is C24H28F2N4O3. The summed E-state index contributed by atoms with van der Waals surface area (Å²) in [4.78, 5) is 33.3. The summed E-state index contributed by atoms with van der Waals surface area (Å²) in [6.07, 6.45) is 4.25. The third-order valence-corrected chi connectivity index (χ3v) is 5.58. The lowest BCUT2D eigenvalue weighted by atomic mass is 9.85. The van der Waals surface area contributed by atoms with E-state index < -0.39 is 18.6 Å². The normalized spacial score (nSPS) is 14.7. The maximum Gasteiger partial charge on any atom is 0.302 e. The van der Waals surface area contributed by atoms with Gasteiger partial charge < -0.3 is 15.4 Å². The first-order valence-electron chi connectivity index (χ1n) is 10.8. The summed E-state index contributed by atoms with van der Waals surface area (Å²) in [6.45, 7) is 7.17.